The number of fused-ring (bicyclic) bond motifs is 1. The Kier molecular flexibility index (Phi) is 4.25. The predicted molar refractivity (Wildman–Crippen MR) is 88.4 cm³/mol. The molecule has 1 saturated carbocycles. The fourth-order valence-corrected chi connectivity index (χ4v) is 4.54. The molecule has 1 N–H and O–H groups in total. The van der Waals surface area contributed by atoms with Crippen molar-refractivity contribution in [2.24, 2.45) is 10.9 Å². The van der Waals surface area contributed by atoms with Gasteiger partial charge in [0.2, 0.25) is 10.2 Å². The molecule has 2 fully saturated rings. The molecule has 1 saturated heterocycles. The van der Waals surface area contributed by atoms with Crippen molar-refractivity contribution < 1.29 is 9.84 Å². The Morgan fingerprint density at radius 2 is 2.05 bits per heavy atom. The second-order valence-electron chi connectivity index (χ2n) is 5.57. The average Bonchev–Trinajstić information content (AvgIpc) is 2.87. The maximum absolute atomic E-state index is 10.1. The third kappa shape index (κ3) is 2.72. The SMILES string of the molecule is C[C@@H](N=C1O[C@H]2[C@H]([C@@H](O)C[C@@H]2Br)C1(Cl)Cl)c1ccccc1. The van der Waals surface area contributed by atoms with Gasteiger partial charge in [0.15, 0.2) is 0 Å². The van der Waals surface area contributed by atoms with Crippen LogP contribution in [0.2, 0.25) is 0 Å². The van der Waals surface area contributed by atoms with Gasteiger partial charge in [-0.25, -0.2) is 4.99 Å². The first-order valence-corrected chi connectivity index (χ1v) is 8.58. The smallest absolute Gasteiger partial charge is 0.222 e. The molecule has 1 heterocycles. The number of aliphatic hydroxyl groups excluding tert-OH is 1. The summed E-state index contributed by atoms with van der Waals surface area (Å²) < 4.78 is 4.57. The lowest BCUT2D eigenvalue weighted by Crippen LogP contribution is -2.35. The molecule has 0 radical (unpaired) electrons. The minimum atomic E-state index is -1.28. The molecule has 3 rings (SSSR count). The van der Waals surface area contributed by atoms with Gasteiger partial charge in [0, 0.05) is 0 Å². The highest BCUT2D eigenvalue weighted by Gasteiger charge is 2.62. The van der Waals surface area contributed by atoms with E-state index >= 15 is 0 Å². The molecule has 21 heavy (non-hydrogen) atoms. The number of aliphatic hydroxyl groups is 1. The van der Waals surface area contributed by atoms with Crippen LogP contribution in [0.3, 0.4) is 0 Å². The highest BCUT2D eigenvalue weighted by atomic mass is 79.9. The molecule has 0 amide bonds. The first-order valence-electron chi connectivity index (χ1n) is 6.91. The Bertz CT molecular complexity index is 552. The topological polar surface area (TPSA) is 41.8 Å². The average molecular weight is 393 g/mol. The predicted octanol–water partition coefficient (Wildman–Crippen LogP) is 3.86. The van der Waals surface area contributed by atoms with Crippen LogP contribution in [-0.4, -0.2) is 32.4 Å². The summed E-state index contributed by atoms with van der Waals surface area (Å²) in [6.45, 7) is 1.96. The highest BCUT2D eigenvalue weighted by Crippen LogP contribution is 2.51. The molecule has 0 spiro atoms. The number of hydrogen-bond donors (Lipinski definition) is 1. The van der Waals surface area contributed by atoms with Crippen molar-refractivity contribution in [3.8, 4) is 0 Å². The molecule has 0 bridgehead atoms. The molecule has 3 nitrogen and oxygen atoms in total. The summed E-state index contributed by atoms with van der Waals surface area (Å²) in [5.41, 5.74) is 1.06. The van der Waals surface area contributed by atoms with Crippen LogP contribution in [0.4, 0.5) is 0 Å². The van der Waals surface area contributed by atoms with Crippen LogP contribution in [0.25, 0.3) is 0 Å². The van der Waals surface area contributed by atoms with Crippen LogP contribution in [0.5, 0.6) is 0 Å². The van der Waals surface area contributed by atoms with Gasteiger partial charge in [0.1, 0.15) is 6.10 Å². The van der Waals surface area contributed by atoms with E-state index in [0.717, 1.165) is 5.56 Å². The Balaban J connectivity index is 1.88. The fraction of sp³-hybridized carbons (Fsp3) is 0.533. The Labute approximate surface area is 142 Å². The monoisotopic (exact) mass is 391 g/mol. The van der Waals surface area contributed by atoms with Crippen molar-refractivity contribution >= 4 is 45.0 Å². The molecule has 1 aliphatic heterocycles. The normalized spacial score (nSPS) is 37.3. The summed E-state index contributed by atoms with van der Waals surface area (Å²) in [7, 11) is 0. The maximum atomic E-state index is 10.1. The lowest BCUT2D eigenvalue weighted by Gasteiger charge is -2.21. The third-order valence-electron chi connectivity index (χ3n) is 4.14. The van der Waals surface area contributed by atoms with Crippen molar-refractivity contribution in [3.63, 3.8) is 0 Å². The van der Waals surface area contributed by atoms with Gasteiger partial charge >= 0.3 is 0 Å². The standard InChI is InChI=1S/C15H16BrCl2NO2/c1-8(9-5-3-2-4-6-9)19-14-15(17,18)12-11(20)7-10(16)13(12)21-14/h2-6,8,10-13,20H,7H2,1H3/t8-,10+,11+,12+,13-/m1/s1. The van der Waals surface area contributed by atoms with Gasteiger partial charge in [0.05, 0.1) is 22.9 Å². The summed E-state index contributed by atoms with van der Waals surface area (Å²) in [6, 6.07) is 9.77. The number of alkyl halides is 3. The van der Waals surface area contributed by atoms with Gasteiger partial charge in [-0.3, -0.25) is 0 Å². The molecule has 6 heteroatoms. The zero-order valence-electron chi connectivity index (χ0n) is 11.4. The third-order valence-corrected chi connectivity index (χ3v) is 5.86. The number of aliphatic imine (C=N–C) groups is 1. The molecule has 1 aliphatic carbocycles. The molecule has 114 valence electrons. The zero-order valence-corrected chi connectivity index (χ0v) is 14.5. The lowest BCUT2D eigenvalue weighted by molar-refractivity contribution is 0.107. The van der Waals surface area contributed by atoms with Gasteiger partial charge in [-0.05, 0) is 18.9 Å². The van der Waals surface area contributed by atoms with Crippen LogP contribution in [-0.2, 0) is 4.74 Å². The molecule has 0 aromatic heterocycles. The van der Waals surface area contributed by atoms with E-state index < -0.39 is 10.4 Å². The Hall–Kier alpha value is -0.290. The van der Waals surface area contributed by atoms with E-state index in [-0.39, 0.29) is 22.9 Å². The van der Waals surface area contributed by atoms with Gasteiger partial charge < -0.3 is 9.84 Å². The van der Waals surface area contributed by atoms with Crippen molar-refractivity contribution in [1.29, 1.82) is 0 Å². The minimum absolute atomic E-state index is 0.0362. The molecule has 1 aromatic rings. The second kappa shape index (κ2) is 5.73. The molecular weight excluding hydrogens is 377 g/mol. The van der Waals surface area contributed by atoms with E-state index in [0.29, 0.717) is 12.3 Å². The Morgan fingerprint density at radius 1 is 1.38 bits per heavy atom. The van der Waals surface area contributed by atoms with E-state index in [2.05, 4.69) is 20.9 Å². The zero-order chi connectivity index (χ0) is 15.2. The molecule has 2 aliphatic rings. The second-order valence-corrected chi connectivity index (χ2v) is 8.13. The fourth-order valence-electron chi connectivity index (χ4n) is 3.00. The maximum Gasteiger partial charge on any atom is 0.222 e. The van der Waals surface area contributed by atoms with Crippen LogP contribution in [0.15, 0.2) is 35.3 Å². The highest BCUT2D eigenvalue weighted by molar-refractivity contribution is 9.09. The van der Waals surface area contributed by atoms with Crippen molar-refractivity contribution in [2.45, 2.75) is 40.8 Å². The largest absolute Gasteiger partial charge is 0.474 e. The molecule has 1 aromatic carbocycles. The number of rotatable bonds is 2. The minimum Gasteiger partial charge on any atom is -0.474 e. The summed E-state index contributed by atoms with van der Waals surface area (Å²) in [5, 5.41) is 10.1. The van der Waals surface area contributed by atoms with E-state index in [1.807, 2.05) is 37.3 Å². The van der Waals surface area contributed by atoms with Crippen molar-refractivity contribution in [3.05, 3.63) is 35.9 Å². The summed E-state index contributed by atoms with van der Waals surface area (Å²) >= 11 is 16.4. The number of hydrogen-bond acceptors (Lipinski definition) is 3. The van der Waals surface area contributed by atoms with Crippen molar-refractivity contribution in [1.82, 2.24) is 0 Å². The van der Waals surface area contributed by atoms with Crippen LogP contribution < -0.4 is 0 Å². The van der Waals surface area contributed by atoms with Crippen LogP contribution in [0, 0.1) is 5.92 Å². The quantitative estimate of drug-likeness (QED) is 0.776. The van der Waals surface area contributed by atoms with Gasteiger partial charge in [-0.15, -0.1) is 0 Å². The number of ether oxygens (including phenoxy) is 1. The molecular formula is C15H16BrCl2NO2. The number of halogens is 3. The van der Waals surface area contributed by atoms with E-state index in [9.17, 15) is 5.11 Å². The van der Waals surface area contributed by atoms with E-state index in [4.69, 9.17) is 27.9 Å². The first kappa shape index (κ1) is 15.6. The van der Waals surface area contributed by atoms with E-state index in [1.54, 1.807) is 0 Å². The van der Waals surface area contributed by atoms with Crippen molar-refractivity contribution in [2.75, 3.05) is 0 Å². The van der Waals surface area contributed by atoms with E-state index in [1.165, 1.54) is 0 Å². The lowest BCUT2D eigenvalue weighted by atomic mass is 10.0. The van der Waals surface area contributed by atoms with Gasteiger partial charge in [-0.2, -0.15) is 0 Å². The number of nitrogens with zero attached hydrogens (tertiary/aromatic N) is 1. The summed E-state index contributed by atoms with van der Waals surface area (Å²) in [4.78, 5) is 4.59. The number of benzene rings is 1. The first-order chi connectivity index (χ1) is 9.91. The van der Waals surface area contributed by atoms with Gasteiger partial charge in [-0.1, -0.05) is 69.5 Å². The molecule has 5 atom stereocenters. The summed E-state index contributed by atoms with van der Waals surface area (Å²) in [5.74, 6) is -0.0488. The molecule has 0 unspecified atom stereocenters. The van der Waals surface area contributed by atoms with Crippen LogP contribution in [0.1, 0.15) is 24.9 Å². The Morgan fingerprint density at radius 3 is 2.67 bits per heavy atom. The van der Waals surface area contributed by atoms with Crippen LogP contribution >= 0.6 is 39.1 Å². The van der Waals surface area contributed by atoms with Gasteiger partial charge in [0.25, 0.3) is 0 Å². The summed E-state index contributed by atoms with van der Waals surface area (Å²) in [6.07, 6.45) is -0.247.